The molecule has 9 nitrogen and oxygen atoms in total. The molecule has 0 fully saturated rings. The van der Waals surface area contributed by atoms with Gasteiger partial charge >= 0.3 is 6.03 Å². The number of aliphatic hydroxyl groups excluding tert-OH is 1. The minimum Gasteiger partial charge on any atom is -0.484 e. The summed E-state index contributed by atoms with van der Waals surface area (Å²) in [4.78, 5) is 15.3. The lowest BCUT2D eigenvalue weighted by atomic mass is 9.85. The topological polar surface area (TPSA) is 126 Å². The lowest BCUT2D eigenvalue weighted by Crippen LogP contribution is -2.36. The van der Waals surface area contributed by atoms with Crippen molar-refractivity contribution in [1.82, 2.24) is 14.8 Å². The molecule has 0 saturated carbocycles. The van der Waals surface area contributed by atoms with Crippen LogP contribution in [-0.4, -0.2) is 47.1 Å². The number of carbonyl (C=O) groups excluding carboxylic acids is 1. The number of benzene rings is 2. The number of ether oxygens (including phenoxy) is 1. The van der Waals surface area contributed by atoms with Crippen LogP contribution in [0, 0.1) is 10.8 Å². The molecule has 1 aliphatic rings. The van der Waals surface area contributed by atoms with Crippen molar-refractivity contribution in [3.05, 3.63) is 88.5 Å². The summed E-state index contributed by atoms with van der Waals surface area (Å²) < 4.78 is 8.03. The van der Waals surface area contributed by atoms with Crippen molar-refractivity contribution in [2.24, 2.45) is 0 Å². The van der Waals surface area contributed by atoms with Crippen molar-refractivity contribution < 1.29 is 14.6 Å². The highest BCUT2D eigenvalue weighted by atomic mass is 16.5. The highest BCUT2D eigenvalue weighted by molar-refractivity contribution is 5.90. The van der Waals surface area contributed by atoms with Gasteiger partial charge in [-0.15, -0.1) is 0 Å². The third-order valence-corrected chi connectivity index (χ3v) is 7.89. The molecule has 1 aromatic heterocycles. The molecule has 1 heterocycles. The number of hydrogen-bond acceptors (Lipinski definition) is 6. The smallest absolute Gasteiger partial charge is 0.319 e. The van der Waals surface area contributed by atoms with Crippen LogP contribution >= 0.6 is 0 Å². The van der Waals surface area contributed by atoms with Crippen LogP contribution in [0.2, 0.25) is 0 Å². The van der Waals surface area contributed by atoms with Crippen LogP contribution in [0.1, 0.15) is 87.3 Å². The van der Waals surface area contributed by atoms with Crippen molar-refractivity contribution in [3.63, 3.8) is 0 Å². The van der Waals surface area contributed by atoms with Crippen LogP contribution in [-0.2, 0) is 12.0 Å². The lowest BCUT2D eigenvalue weighted by Gasteiger charge is -2.32. The minimum atomic E-state index is -0.323. The highest BCUT2D eigenvalue weighted by Crippen LogP contribution is 2.38. The molecule has 0 spiro atoms. The number of rotatable bonds is 10. The van der Waals surface area contributed by atoms with E-state index in [0.717, 1.165) is 36.1 Å². The zero-order valence-electron chi connectivity index (χ0n) is 26.0. The molecule has 0 saturated heterocycles. The number of amides is 2. The largest absolute Gasteiger partial charge is 0.484 e. The Kier molecular flexibility index (Phi) is 10.4. The molecule has 0 aliphatic heterocycles. The molecule has 4 rings (SSSR count). The summed E-state index contributed by atoms with van der Waals surface area (Å²) in [6, 6.07) is 16.7. The fraction of sp³-hybridized carbons (Fsp3) is 0.441. The molecule has 2 amide bonds. The van der Waals surface area contributed by atoms with Gasteiger partial charge in [-0.2, -0.15) is 0 Å². The molecule has 230 valence electrons. The quantitative estimate of drug-likeness (QED) is 0.112. The third-order valence-electron chi connectivity index (χ3n) is 7.89. The summed E-state index contributed by atoms with van der Waals surface area (Å²) in [6.45, 7) is 7.14. The molecule has 5 N–H and O–H groups in total. The summed E-state index contributed by atoms with van der Waals surface area (Å²) in [7, 11) is 4.08. The number of carbonyl (C=O) groups is 1. The maximum Gasteiger partial charge on any atom is 0.319 e. The second-order valence-electron chi connectivity index (χ2n) is 12.6. The standard InChI is InChI=1S/C34H46N6O3/c1-34(2,3)24-14-13-23(22-41)29(20-24)38-33(42)37-28-16-17-30(27-11-7-6-10-26(27)28)43-25-15-18-32(36)40(21-25)31(35)12-8-9-19-39(4)5/h6-7,10-11,13-15,18,20-21,28,30,35-36,41H,8-9,12,16-17,19,22H2,1-5H3,(H2,37,38,42)/t28-,30+/m0/s1. The van der Waals surface area contributed by atoms with Crippen LogP contribution in [0.15, 0.2) is 60.8 Å². The van der Waals surface area contributed by atoms with Crippen molar-refractivity contribution in [2.75, 3.05) is 26.0 Å². The highest BCUT2D eigenvalue weighted by Gasteiger charge is 2.29. The first-order chi connectivity index (χ1) is 20.5. The molecule has 1 aliphatic carbocycles. The number of aromatic nitrogens is 1. The molecular weight excluding hydrogens is 540 g/mol. The van der Waals surface area contributed by atoms with E-state index in [1.807, 2.05) is 56.6 Å². The molecule has 2 atom stereocenters. The first-order valence-corrected chi connectivity index (χ1v) is 15.0. The number of nitrogens with zero attached hydrogens (tertiary/aromatic N) is 2. The van der Waals surface area contributed by atoms with E-state index in [1.54, 1.807) is 22.9 Å². The van der Waals surface area contributed by atoms with Crippen molar-refractivity contribution >= 4 is 17.6 Å². The SMILES string of the molecule is CN(C)CCCCC(=N)n1cc(O[C@@H]2CC[C@H](NC(=O)Nc3cc(C(C)(C)C)ccc3CO)c3ccccc32)ccc1=N. The number of pyridine rings is 1. The Bertz CT molecular complexity index is 1490. The molecule has 3 aromatic rings. The van der Waals surface area contributed by atoms with Crippen LogP contribution in [0.4, 0.5) is 10.5 Å². The maximum absolute atomic E-state index is 13.2. The number of anilines is 1. The van der Waals surface area contributed by atoms with Crippen molar-refractivity contribution in [2.45, 2.75) is 77.0 Å². The van der Waals surface area contributed by atoms with Crippen LogP contribution < -0.4 is 20.9 Å². The van der Waals surface area contributed by atoms with Crippen molar-refractivity contribution in [1.29, 1.82) is 10.8 Å². The van der Waals surface area contributed by atoms with Gasteiger partial charge in [0.2, 0.25) is 0 Å². The predicted octanol–water partition coefficient (Wildman–Crippen LogP) is 6.09. The first-order valence-electron chi connectivity index (χ1n) is 15.0. The van der Waals surface area contributed by atoms with E-state index < -0.39 is 0 Å². The van der Waals surface area contributed by atoms with E-state index in [0.29, 0.717) is 42.1 Å². The van der Waals surface area contributed by atoms with Crippen LogP contribution in [0.3, 0.4) is 0 Å². The van der Waals surface area contributed by atoms with Gasteiger partial charge in [-0.05, 0) is 86.6 Å². The van der Waals surface area contributed by atoms with Gasteiger partial charge in [-0.25, -0.2) is 4.79 Å². The normalized spacial score (nSPS) is 16.4. The maximum atomic E-state index is 13.2. The molecule has 43 heavy (non-hydrogen) atoms. The van der Waals surface area contributed by atoms with E-state index in [4.69, 9.17) is 15.6 Å². The van der Waals surface area contributed by atoms with E-state index in [2.05, 4.69) is 36.3 Å². The van der Waals surface area contributed by atoms with E-state index in [9.17, 15) is 9.90 Å². The number of unbranched alkanes of at least 4 members (excludes halogenated alkanes) is 1. The molecule has 0 radical (unpaired) electrons. The second-order valence-corrected chi connectivity index (χ2v) is 12.6. The Morgan fingerprint density at radius 3 is 2.51 bits per heavy atom. The van der Waals surface area contributed by atoms with Gasteiger partial charge in [0.25, 0.3) is 0 Å². The number of fused-ring (bicyclic) bond motifs is 1. The minimum absolute atomic E-state index is 0.0926. The summed E-state index contributed by atoms with van der Waals surface area (Å²) >= 11 is 0. The van der Waals surface area contributed by atoms with Crippen molar-refractivity contribution in [3.8, 4) is 5.75 Å². The second kappa shape index (κ2) is 14.0. The van der Waals surface area contributed by atoms with Gasteiger partial charge in [0.15, 0.2) is 0 Å². The van der Waals surface area contributed by atoms with E-state index in [1.165, 1.54) is 0 Å². The fourth-order valence-corrected chi connectivity index (χ4v) is 5.42. The molecule has 9 heteroatoms. The Morgan fingerprint density at radius 2 is 1.81 bits per heavy atom. The third kappa shape index (κ3) is 8.33. The average Bonchev–Trinajstić information content (AvgIpc) is 2.96. The Hall–Kier alpha value is -3.95. The van der Waals surface area contributed by atoms with Gasteiger partial charge in [-0.3, -0.25) is 15.4 Å². The summed E-state index contributed by atoms with van der Waals surface area (Å²) in [5.74, 6) is 0.985. The van der Waals surface area contributed by atoms with Gasteiger partial charge in [0, 0.05) is 17.7 Å². The fourth-order valence-electron chi connectivity index (χ4n) is 5.42. The zero-order valence-corrected chi connectivity index (χ0v) is 26.0. The Balaban J connectivity index is 1.45. The molecule has 2 aromatic carbocycles. The molecule has 0 unspecified atom stereocenters. The summed E-state index contributed by atoms with van der Waals surface area (Å²) in [5, 5.41) is 32.8. The van der Waals surface area contributed by atoms with E-state index in [-0.39, 0.29) is 35.7 Å². The average molecular weight is 587 g/mol. The summed E-state index contributed by atoms with van der Waals surface area (Å²) in [6.07, 6.45) is 5.36. The first kappa shape index (κ1) is 32.0. The van der Waals surface area contributed by atoms with Crippen LogP contribution in [0.25, 0.3) is 0 Å². The monoisotopic (exact) mass is 586 g/mol. The molecular formula is C34H46N6O3. The van der Waals surface area contributed by atoms with Gasteiger partial charge in [0.1, 0.15) is 23.2 Å². The Morgan fingerprint density at radius 1 is 1.07 bits per heavy atom. The lowest BCUT2D eigenvalue weighted by molar-refractivity contribution is 0.171. The van der Waals surface area contributed by atoms with Crippen LogP contribution in [0.5, 0.6) is 5.75 Å². The predicted molar refractivity (Wildman–Crippen MR) is 171 cm³/mol. The number of hydrogen-bond donors (Lipinski definition) is 5. The number of urea groups is 1. The van der Waals surface area contributed by atoms with Gasteiger partial charge in [0.05, 0.1) is 18.8 Å². The van der Waals surface area contributed by atoms with Gasteiger partial charge in [-0.1, -0.05) is 57.2 Å². The number of aliphatic hydroxyl groups is 1. The summed E-state index contributed by atoms with van der Waals surface area (Å²) in [5.41, 5.74) is 4.50. The Labute approximate surface area is 254 Å². The molecule has 0 bridgehead atoms. The van der Waals surface area contributed by atoms with E-state index >= 15 is 0 Å². The number of nitrogens with one attached hydrogen (secondary N) is 4. The zero-order chi connectivity index (χ0) is 31.1. The van der Waals surface area contributed by atoms with Gasteiger partial charge < -0.3 is 25.4 Å².